The molecule has 1 heterocycles. The Bertz CT molecular complexity index is 2150. The van der Waals surface area contributed by atoms with E-state index in [0.29, 0.717) is 35.5 Å². The lowest BCUT2D eigenvalue weighted by atomic mass is 9.33. The smallest absolute Gasteiger partial charge is 0.309 e. The van der Waals surface area contributed by atoms with Crippen LogP contribution < -0.4 is 5.32 Å². The molecule has 1 aromatic carbocycles. The summed E-state index contributed by atoms with van der Waals surface area (Å²) in [5.41, 5.74) is 1.13. The number of carbonyl (C=O) groups is 4. The number of Topliss-reactive ketones (excluding diaryl/α,β-unsaturated/α-hetero) is 1. The van der Waals surface area contributed by atoms with Crippen molar-refractivity contribution >= 4 is 35.2 Å². The largest absolute Gasteiger partial charge is 0.481 e. The lowest BCUT2D eigenvalue weighted by Gasteiger charge is -2.72. The van der Waals surface area contributed by atoms with Gasteiger partial charge in [-0.1, -0.05) is 86.0 Å². The number of esters is 1. The van der Waals surface area contributed by atoms with E-state index in [1.165, 1.54) is 0 Å². The Hall–Kier alpha value is -3.46. The van der Waals surface area contributed by atoms with E-state index in [1.54, 1.807) is 6.20 Å². The van der Waals surface area contributed by atoms with E-state index < -0.39 is 34.2 Å². The van der Waals surface area contributed by atoms with Gasteiger partial charge in [-0.3, -0.25) is 19.2 Å². The zero-order valence-electron chi connectivity index (χ0n) is 37.8. The fourth-order valence-corrected chi connectivity index (χ4v) is 15.1. The van der Waals surface area contributed by atoms with Crippen LogP contribution in [0.4, 0.5) is 0 Å². The minimum atomic E-state index is -0.891. The number of rotatable bonds is 8. The number of carboxylic acid groups (broad SMARTS) is 1. The number of hydrogen-bond donors (Lipinski definition) is 3. The summed E-state index contributed by atoms with van der Waals surface area (Å²) in [7, 11) is 0. The first kappa shape index (κ1) is 43.2. The molecule has 8 rings (SSSR count). The number of fused-ring (bicyclic) bond motifs is 7. The molecule has 2 aromatic rings. The minimum Gasteiger partial charge on any atom is -0.481 e. The fourth-order valence-electron chi connectivity index (χ4n) is 14.9. The van der Waals surface area contributed by atoms with Crippen molar-refractivity contribution in [1.82, 2.24) is 15.3 Å². The lowest BCUT2D eigenvalue weighted by molar-refractivity contribution is -0.236. The fraction of sp³-hybridized carbons (Fsp3) is 0.700. The number of carboxylic acids is 1. The molecular formula is C50H68ClN3O6. The number of ether oxygens (including phenoxy) is 1. The summed E-state index contributed by atoms with van der Waals surface area (Å²) in [6.07, 6.45) is 9.46. The number of benzene rings is 1. The Morgan fingerprint density at radius 3 is 2.20 bits per heavy atom. The zero-order valence-corrected chi connectivity index (χ0v) is 38.6. The van der Waals surface area contributed by atoms with Crippen LogP contribution in [0.5, 0.6) is 0 Å². The topological polar surface area (TPSA) is 138 Å². The Balaban J connectivity index is 1.05. The predicted octanol–water partition coefficient (Wildman–Crippen LogP) is 10.7. The Kier molecular flexibility index (Phi) is 10.1. The van der Waals surface area contributed by atoms with Gasteiger partial charge in [0.1, 0.15) is 11.9 Å². The maximum atomic E-state index is 15.1. The van der Waals surface area contributed by atoms with E-state index >= 15 is 4.79 Å². The number of aromatic amines is 1. The zero-order chi connectivity index (χ0) is 43.7. The van der Waals surface area contributed by atoms with Gasteiger partial charge < -0.3 is 20.1 Å². The van der Waals surface area contributed by atoms with Gasteiger partial charge in [0.25, 0.3) is 0 Å². The van der Waals surface area contributed by atoms with Gasteiger partial charge in [0.05, 0.1) is 34.7 Å². The summed E-state index contributed by atoms with van der Waals surface area (Å²) >= 11 is 6.15. The van der Waals surface area contributed by atoms with Crippen molar-refractivity contribution in [2.45, 2.75) is 152 Å². The van der Waals surface area contributed by atoms with Crippen LogP contribution >= 0.6 is 11.6 Å². The second-order valence-corrected chi connectivity index (χ2v) is 23.2. The summed E-state index contributed by atoms with van der Waals surface area (Å²) in [5.74, 6) is -0.358. The summed E-state index contributed by atoms with van der Waals surface area (Å²) in [5, 5.41) is 13.8. The van der Waals surface area contributed by atoms with E-state index in [4.69, 9.17) is 21.3 Å². The molecule has 6 aliphatic rings. The van der Waals surface area contributed by atoms with Crippen molar-refractivity contribution in [3.8, 4) is 11.3 Å². The second-order valence-electron chi connectivity index (χ2n) is 22.8. The van der Waals surface area contributed by atoms with Gasteiger partial charge in [0.15, 0.2) is 5.78 Å². The highest BCUT2D eigenvalue weighted by molar-refractivity contribution is 6.30. The van der Waals surface area contributed by atoms with Gasteiger partial charge >= 0.3 is 11.9 Å². The third kappa shape index (κ3) is 6.07. The molecule has 326 valence electrons. The lowest BCUT2D eigenvalue weighted by Crippen LogP contribution is -2.66. The molecule has 1 amide bonds. The van der Waals surface area contributed by atoms with Crippen LogP contribution in [-0.2, 0) is 29.5 Å². The van der Waals surface area contributed by atoms with Gasteiger partial charge in [-0.25, -0.2) is 4.98 Å². The summed E-state index contributed by atoms with van der Waals surface area (Å²) < 4.78 is 6.43. The summed E-state index contributed by atoms with van der Waals surface area (Å²) in [4.78, 5) is 63.1. The monoisotopic (exact) mass is 841 g/mol. The summed E-state index contributed by atoms with van der Waals surface area (Å²) in [6.45, 7) is 24.1. The van der Waals surface area contributed by atoms with E-state index in [0.717, 1.165) is 67.3 Å². The molecular weight excluding hydrogens is 774 g/mol. The van der Waals surface area contributed by atoms with Gasteiger partial charge in [-0.2, -0.15) is 0 Å². The van der Waals surface area contributed by atoms with Crippen LogP contribution in [0.2, 0.25) is 5.02 Å². The van der Waals surface area contributed by atoms with Crippen LogP contribution in [0.1, 0.15) is 146 Å². The molecule has 0 saturated heterocycles. The second kappa shape index (κ2) is 14.0. The van der Waals surface area contributed by atoms with Gasteiger partial charge in [-0.05, 0) is 146 Å². The molecule has 0 bridgehead atoms. The molecule has 0 radical (unpaired) electrons. The normalized spacial score (nSPS) is 37.9. The Morgan fingerprint density at radius 2 is 1.57 bits per heavy atom. The van der Waals surface area contributed by atoms with Gasteiger partial charge in [0, 0.05) is 16.9 Å². The quantitative estimate of drug-likeness (QED) is 0.225. The average Bonchev–Trinajstić information content (AvgIpc) is 3.77. The number of nitrogens with one attached hydrogen (secondary N) is 2. The number of aliphatic carboxylic acids is 1. The highest BCUT2D eigenvalue weighted by Gasteiger charge is 2.71. The molecule has 9 nitrogen and oxygen atoms in total. The predicted molar refractivity (Wildman–Crippen MR) is 233 cm³/mol. The Morgan fingerprint density at radius 1 is 0.883 bits per heavy atom. The van der Waals surface area contributed by atoms with E-state index in [-0.39, 0.29) is 63.7 Å². The number of nitrogens with zero attached hydrogens (tertiary/aromatic N) is 1. The molecule has 5 fully saturated rings. The molecule has 5 saturated carbocycles. The molecule has 60 heavy (non-hydrogen) atoms. The maximum Gasteiger partial charge on any atom is 0.309 e. The first-order chi connectivity index (χ1) is 27.8. The van der Waals surface area contributed by atoms with Gasteiger partial charge in [0.2, 0.25) is 5.91 Å². The van der Waals surface area contributed by atoms with Gasteiger partial charge in [-0.15, -0.1) is 0 Å². The number of hydrogen-bond acceptors (Lipinski definition) is 6. The molecule has 0 spiro atoms. The number of allylic oxidation sites excluding steroid dienone is 1. The van der Waals surface area contributed by atoms with Crippen molar-refractivity contribution in [3.63, 3.8) is 0 Å². The van der Waals surface area contributed by atoms with Crippen molar-refractivity contribution in [1.29, 1.82) is 0 Å². The van der Waals surface area contributed by atoms with Crippen molar-refractivity contribution in [3.05, 3.63) is 52.5 Å². The van der Waals surface area contributed by atoms with Crippen LogP contribution in [-0.4, -0.2) is 44.8 Å². The first-order valence-corrected chi connectivity index (χ1v) is 23.1. The maximum absolute atomic E-state index is 15.1. The standard InChI is InChI=1S/C50H68ClN3O6/c1-27(2)38-34(55)25-50(43(59)54-46(7,8)42-52-26-33(53-42)28-12-14-29(51)15-13-28)23-22-48(10)30(39(38)50)16-17-36-47(9)20-19-37(45(5,6)35(47)18-21-49(36,48)11)60-41(58)32-24-31(40(56)57)44(32,3)4/h12-15,26-27,30-32,35-37H,16-25H2,1-11H3,(H,52,53)(H,54,59)(H,56,57)/t30-,31+,32-,35+,36-,37+,47+,48-,49-,50-/m1/s1. The number of imidazole rings is 1. The summed E-state index contributed by atoms with van der Waals surface area (Å²) in [6, 6.07) is 7.58. The van der Waals surface area contributed by atoms with Crippen molar-refractivity contribution < 1.29 is 29.0 Å². The van der Waals surface area contributed by atoms with E-state index in [2.05, 4.69) is 58.8 Å². The average molecular weight is 843 g/mol. The number of halogens is 1. The molecule has 0 aliphatic heterocycles. The molecule has 3 N–H and O–H groups in total. The van der Waals surface area contributed by atoms with E-state index in [9.17, 15) is 19.5 Å². The SMILES string of the molecule is CC(C)C1=C2[C@H]3CC[C@@H]4[C@@]5(C)CC[C@H](OC(=O)[C@H]6C[C@@H](C(=O)O)C6(C)C)C(C)(C)[C@@H]5CC[C@@]4(C)[C@]3(C)CC[C@@]2(C(=O)NC(C)(C)c2ncc(-c3ccc(Cl)cc3)[nH]2)CC1=O. The molecule has 10 heteroatoms. The molecule has 1 aromatic heterocycles. The van der Waals surface area contributed by atoms with Crippen LogP contribution in [0, 0.1) is 68.0 Å². The Labute approximate surface area is 362 Å². The molecule has 6 aliphatic carbocycles. The van der Waals surface area contributed by atoms with E-state index in [1.807, 2.05) is 52.0 Å². The third-order valence-corrected chi connectivity index (χ3v) is 18.9. The number of H-pyrrole nitrogens is 1. The minimum absolute atomic E-state index is 0.0163. The first-order valence-electron chi connectivity index (χ1n) is 22.7. The number of aromatic nitrogens is 2. The van der Waals surface area contributed by atoms with Crippen LogP contribution in [0.3, 0.4) is 0 Å². The third-order valence-electron chi connectivity index (χ3n) is 18.7. The highest BCUT2D eigenvalue weighted by atomic mass is 35.5. The number of carbonyl (C=O) groups excluding carboxylic acids is 3. The number of ketones is 1. The van der Waals surface area contributed by atoms with Crippen molar-refractivity contribution in [2.75, 3.05) is 0 Å². The molecule has 10 atom stereocenters. The van der Waals surface area contributed by atoms with Crippen LogP contribution in [0.25, 0.3) is 11.3 Å². The number of amides is 1. The van der Waals surface area contributed by atoms with Crippen LogP contribution in [0.15, 0.2) is 41.6 Å². The molecule has 0 unspecified atom stereocenters. The highest BCUT2D eigenvalue weighted by Crippen LogP contribution is 2.77. The van der Waals surface area contributed by atoms with Crippen molar-refractivity contribution in [2.24, 2.45) is 68.0 Å².